The van der Waals surface area contributed by atoms with Crippen LogP contribution in [-0.4, -0.2) is 73.5 Å². The molecular weight excluding hydrogens is 520 g/mol. The van der Waals surface area contributed by atoms with Crippen molar-refractivity contribution < 1.29 is 29.3 Å². The van der Waals surface area contributed by atoms with Crippen molar-refractivity contribution in [2.24, 2.45) is 0 Å². The van der Waals surface area contributed by atoms with E-state index in [1.54, 1.807) is 7.11 Å². The van der Waals surface area contributed by atoms with Crippen LogP contribution in [0.5, 0.6) is 5.75 Å². The van der Waals surface area contributed by atoms with Crippen molar-refractivity contribution in [2.45, 2.75) is 18.9 Å². The van der Waals surface area contributed by atoms with Gasteiger partial charge in [0.25, 0.3) is 0 Å². The average molecular weight is 555 g/mol. The van der Waals surface area contributed by atoms with Gasteiger partial charge in [0.2, 0.25) is 0 Å². The van der Waals surface area contributed by atoms with Gasteiger partial charge in [-0.05, 0) is 54.8 Å². The monoisotopic (exact) mass is 554 g/mol. The molecule has 1 atom stereocenters. The lowest BCUT2D eigenvalue weighted by Crippen LogP contribution is -2.46. The van der Waals surface area contributed by atoms with Crippen LogP contribution in [0.1, 0.15) is 30.1 Å². The molecule has 4 rings (SSSR count). The molecule has 1 fully saturated rings. The van der Waals surface area contributed by atoms with Gasteiger partial charge in [-0.25, -0.2) is 9.59 Å². The molecule has 0 saturated carbocycles. The lowest BCUT2D eigenvalue weighted by Gasteiger charge is -2.36. The van der Waals surface area contributed by atoms with Crippen LogP contribution in [0.2, 0.25) is 5.02 Å². The van der Waals surface area contributed by atoms with Gasteiger partial charge >= 0.3 is 11.9 Å². The number of hydrogen-bond donors (Lipinski definition) is 2. The fourth-order valence-corrected chi connectivity index (χ4v) is 4.52. The van der Waals surface area contributed by atoms with E-state index >= 15 is 0 Å². The Labute approximate surface area is 234 Å². The van der Waals surface area contributed by atoms with Crippen LogP contribution in [-0.2, 0) is 14.3 Å². The van der Waals surface area contributed by atoms with E-state index in [9.17, 15) is 0 Å². The van der Waals surface area contributed by atoms with Crippen molar-refractivity contribution in [2.75, 3.05) is 51.3 Å². The number of para-hydroxylation sites is 2. The smallest absolute Gasteiger partial charge is 0.414 e. The molecule has 1 unspecified atom stereocenters. The number of rotatable bonds is 10. The molecule has 3 aromatic rings. The minimum Gasteiger partial charge on any atom is -0.495 e. The second kappa shape index (κ2) is 15.7. The number of ether oxygens (including phenoxy) is 2. The topological polar surface area (TPSA) is 99.5 Å². The third-order valence-electron chi connectivity index (χ3n) is 6.41. The van der Waals surface area contributed by atoms with Crippen molar-refractivity contribution in [3.8, 4) is 5.75 Å². The second-order valence-electron chi connectivity index (χ2n) is 9.03. The van der Waals surface area contributed by atoms with Crippen molar-refractivity contribution in [3.63, 3.8) is 0 Å². The van der Waals surface area contributed by atoms with Crippen molar-refractivity contribution in [1.82, 2.24) is 4.90 Å². The van der Waals surface area contributed by atoms with Gasteiger partial charge in [0, 0.05) is 37.8 Å². The molecule has 0 spiro atoms. The van der Waals surface area contributed by atoms with Crippen LogP contribution in [0, 0.1) is 0 Å². The number of carboxylic acids is 2. The van der Waals surface area contributed by atoms with Gasteiger partial charge < -0.3 is 24.6 Å². The summed E-state index contributed by atoms with van der Waals surface area (Å²) in [6, 6.07) is 26.7. The first kappa shape index (κ1) is 30.0. The molecule has 39 heavy (non-hydrogen) atoms. The molecule has 3 aromatic carbocycles. The molecule has 0 amide bonds. The van der Waals surface area contributed by atoms with Gasteiger partial charge in [-0.1, -0.05) is 66.2 Å². The Balaban J connectivity index is 0.000000631. The maximum Gasteiger partial charge on any atom is 0.414 e. The molecule has 1 saturated heterocycles. The first-order valence-corrected chi connectivity index (χ1v) is 13.3. The van der Waals surface area contributed by atoms with Crippen LogP contribution < -0.4 is 9.64 Å². The second-order valence-corrected chi connectivity index (χ2v) is 9.47. The summed E-state index contributed by atoms with van der Waals surface area (Å²) in [5.74, 6) is -2.69. The molecule has 0 bridgehead atoms. The van der Waals surface area contributed by atoms with Crippen LogP contribution in [0.25, 0.3) is 0 Å². The number of hydrogen-bond acceptors (Lipinski definition) is 6. The van der Waals surface area contributed by atoms with Crippen LogP contribution in [0.3, 0.4) is 0 Å². The molecule has 0 aromatic heterocycles. The number of unbranched alkanes of at least 4 members (excludes halogenated alkanes) is 1. The molecule has 8 nitrogen and oxygen atoms in total. The van der Waals surface area contributed by atoms with E-state index in [4.69, 9.17) is 40.9 Å². The maximum absolute atomic E-state index is 9.10. The Bertz CT molecular complexity index is 1160. The van der Waals surface area contributed by atoms with Gasteiger partial charge in [-0.2, -0.15) is 0 Å². The van der Waals surface area contributed by atoms with Crippen LogP contribution >= 0.6 is 11.6 Å². The van der Waals surface area contributed by atoms with Crippen molar-refractivity contribution >= 4 is 29.2 Å². The lowest BCUT2D eigenvalue weighted by molar-refractivity contribution is -0.159. The van der Waals surface area contributed by atoms with Gasteiger partial charge in [0.05, 0.1) is 12.8 Å². The highest BCUT2D eigenvalue weighted by Crippen LogP contribution is 2.29. The van der Waals surface area contributed by atoms with Gasteiger partial charge in [0.15, 0.2) is 0 Å². The summed E-state index contributed by atoms with van der Waals surface area (Å²) in [7, 11) is 1.74. The quantitative estimate of drug-likeness (QED) is 0.260. The number of nitrogens with zero attached hydrogens (tertiary/aromatic N) is 2. The Morgan fingerprint density at radius 1 is 0.821 bits per heavy atom. The van der Waals surface area contributed by atoms with E-state index in [0.717, 1.165) is 68.5 Å². The number of benzene rings is 3. The Hall–Kier alpha value is -3.59. The number of halogens is 1. The highest BCUT2D eigenvalue weighted by molar-refractivity contribution is 6.30. The molecule has 0 radical (unpaired) electrons. The largest absolute Gasteiger partial charge is 0.495 e. The maximum atomic E-state index is 9.10. The zero-order valence-corrected chi connectivity index (χ0v) is 22.8. The van der Waals surface area contributed by atoms with E-state index in [0.29, 0.717) is 0 Å². The predicted octanol–water partition coefficient (Wildman–Crippen LogP) is 5.21. The summed E-state index contributed by atoms with van der Waals surface area (Å²) in [5.41, 5.74) is 3.51. The Morgan fingerprint density at radius 2 is 1.41 bits per heavy atom. The van der Waals surface area contributed by atoms with E-state index in [-0.39, 0.29) is 6.10 Å². The molecule has 1 heterocycles. The van der Waals surface area contributed by atoms with Crippen LogP contribution in [0.4, 0.5) is 5.69 Å². The molecule has 1 aliphatic heterocycles. The summed E-state index contributed by atoms with van der Waals surface area (Å²) < 4.78 is 11.9. The number of anilines is 1. The number of carbonyl (C=O) groups is 2. The molecule has 9 heteroatoms. The predicted molar refractivity (Wildman–Crippen MR) is 152 cm³/mol. The zero-order chi connectivity index (χ0) is 28.0. The molecule has 2 N–H and O–H groups in total. The first-order chi connectivity index (χ1) is 18.9. The summed E-state index contributed by atoms with van der Waals surface area (Å²) in [6.07, 6.45) is 2.12. The normalized spacial score (nSPS) is 14.2. The average Bonchev–Trinajstić information content (AvgIpc) is 2.96. The van der Waals surface area contributed by atoms with Crippen molar-refractivity contribution in [1.29, 1.82) is 0 Å². The number of piperazine rings is 1. The Morgan fingerprint density at radius 3 is 2.03 bits per heavy atom. The summed E-state index contributed by atoms with van der Waals surface area (Å²) >= 11 is 6.09. The highest BCUT2D eigenvalue weighted by Gasteiger charge is 2.19. The van der Waals surface area contributed by atoms with E-state index < -0.39 is 11.9 Å². The molecule has 1 aliphatic rings. The van der Waals surface area contributed by atoms with Gasteiger partial charge in [-0.3, -0.25) is 4.90 Å². The molecule has 0 aliphatic carbocycles. The van der Waals surface area contributed by atoms with E-state index in [1.165, 1.54) is 11.3 Å². The standard InChI is InChI=1S/C28H33ClN2O2.C2H2O4/c1-32-27-12-6-5-11-26(27)31-20-18-30(19-21-31)17-7-8-22-33-28(23-9-3-2-4-10-23)24-13-15-25(29)16-14-24;3-1(4)2(5)6/h2-6,9-16,28H,7-8,17-22H2,1H3;(H,3,4)(H,5,6). The van der Waals surface area contributed by atoms with Gasteiger partial charge in [0.1, 0.15) is 11.9 Å². The fraction of sp³-hybridized carbons (Fsp3) is 0.333. The third kappa shape index (κ3) is 9.58. The summed E-state index contributed by atoms with van der Waals surface area (Å²) in [5, 5.41) is 15.5. The van der Waals surface area contributed by atoms with Crippen molar-refractivity contribution in [3.05, 3.63) is 95.0 Å². The third-order valence-corrected chi connectivity index (χ3v) is 6.66. The highest BCUT2D eigenvalue weighted by atomic mass is 35.5. The SMILES string of the molecule is COc1ccccc1N1CCN(CCCCOC(c2ccccc2)c2ccc(Cl)cc2)CC1.O=C(O)C(=O)O. The number of carboxylic acid groups (broad SMARTS) is 2. The minimum atomic E-state index is -1.82. The summed E-state index contributed by atoms with van der Waals surface area (Å²) in [6.45, 7) is 6.07. The Kier molecular flexibility index (Phi) is 12.1. The molecular formula is C30H35ClN2O6. The molecule has 208 valence electrons. The van der Waals surface area contributed by atoms with Crippen LogP contribution in [0.15, 0.2) is 78.9 Å². The number of methoxy groups -OCH3 is 1. The number of aliphatic carboxylic acids is 2. The van der Waals surface area contributed by atoms with E-state index in [1.807, 2.05) is 30.3 Å². The fourth-order valence-electron chi connectivity index (χ4n) is 4.39. The van der Waals surface area contributed by atoms with Gasteiger partial charge in [-0.15, -0.1) is 0 Å². The van der Waals surface area contributed by atoms with E-state index in [2.05, 4.69) is 58.3 Å². The minimum absolute atomic E-state index is 0.0622. The lowest BCUT2D eigenvalue weighted by atomic mass is 10.0. The zero-order valence-electron chi connectivity index (χ0n) is 22.0. The first-order valence-electron chi connectivity index (χ1n) is 12.9. The summed E-state index contributed by atoms with van der Waals surface area (Å²) in [4.78, 5) is 23.2.